The van der Waals surface area contributed by atoms with Crippen molar-refractivity contribution in [2.75, 3.05) is 34.4 Å². The Labute approximate surface area is 144 Å². The van der Waals surface area contributed by atoms with Gasteiger partial charge >= 0.3 is 0 Å². The molecule has 2 aliphatic rings. The molecule has 0 bridgehead atoms. The van der Waals surface area contributed by atoms with Gasteiger partial charge in [0.15, 0.2) is 0 Å². The third kappa shape index (κ3) is 3.57. The highest BCUT2D eigenvalue weighted by atomic mass is 16.5. The number of rotatable bonds is 3. The van der Waals surface area contributed by atoms with Gasteiger partial charge in [0.1, 0.15) is 18.0 Å². The first kappa shape index (κ1) is 17.2. The Morgan fingerprint density at radius 1 is 1.33 bits per heavy atom. The minimum absolute atomic E-state index is 0.0342. The largest absolute Gasteiger partial charge is 0.485 e. The number of carbonyl (C=O) groups excluding carboxylic acids is 1. The predicted molar refractivity (Wildman–Crippen MR) is 93.0 cm³/mol. The maximum absolute atomic E-state index is 12.5. The molecule has 1 saturated carbocycles. The summed E-state index contributed by atoms with van der Waals surface area (Å²) in [5.74, 6) is 0.959. The topological polar surface area (TPSA) is 42.0 Å². The fraction of sp³-hybridized carbons (Fsp3) is 0.632. The predicted octanol–water partition coefficient (Wildman–Crippen LogP) is 2.30. The first-order valence-corrected chi connectivity index (χ1v) is 8.73. The first-order valence-electron chi connectivity index (χ1n) is 8.73. The number of para-hydroxylation sites is 1. The molecule has 1 aliphatic heterocycles. The van der Waals surface area contributed by atoms with Crippen LogP contribution in [0.15, 0.2) is 24.3 Å². The first-order chi connectivity index (χ1) is 11.5. The van der Waals surface area contributed by atoms with E-state index in [1.807, 2.05) is 29.2 Å². The van der Waals surface area contributed by atoms with Gasteiger partial charge in [0.05, 0.1) is 6.54 Å². The Balaban J connectivity index is 1.85. The summed E-state index contributed by atoms with van der Waals surface area (Å²) in [6, 6.07) is 8.68. The molecule has 0 atom stereocenters. The van der Waals surface area contributed by atoms with Gasteiger partial charge < -0.3 is 19.3 Å². The zero-order chi connectivity index (χ0) is 17.2. The lowest BCUT2D eigenvalue weighted by atomic mass is 9.81. The second-order valence-electron chi connectivity index (χ2n) is 7.27. The number of carbonyl (C=O) groups is 1. The fourth-order valence-electron chi connectivity index (χ4n) is 3.91. The van der Waals surface area contributed by atoms with E-state index >= 15 is 0 Å². The molecule has 1 aromatic rings. The van der Waals surface area contributed by atoms with Crippen LogP contribution in [0.1, 0.15) is 31.2 Å². The van der Waals surface area contributed by atoms with Crippen molar-refractivity contribution in [2.45, 2.75) is 43.9 Å². The average molecular weight is 332 g/mol. The molecule has 5 heteroatoms. The average Bonchev–Trinajstić information content (AvgIpc) is 2.72. The normalized spacial score (nSPS) is 26.8. The third-order valence-corrected chi connectivity index (χ3v) is 5.36. The van der Waals surface area contributed by atoms with Crippen molar-refractivity contribution in [3.05, 3.63) is 29.8 Å². The van der Waals surface area contributed by atoms with E-state index in [4.69, 9.17) is 9.47 Å². The number of amides is 1. The van der Waals surface area contributed by atoms with Gasteiger partial charge in [-0.15, -0.1) is 0 Å². The van der Waals surface area contributed by atoms with Crippen molar-refractivity contribution < 1.29 is 14.3 Å². The molecule has 0 N–H and O–H groups in total. The Morgan fingerprint density at radius 3 is 2.71 bits per heavy atom. The zero-order valence-electron chi connectivity index (χ0n) is 15.0. The molecular formula is C19H28N2O3. The minimum atomic E-state index is -0.275. The highest BCUT2D eigenvalue weighted by molar-refractivity contribution is 5.77. The van der Waals surface area contributed by atoms with Crippen LogP contribution in [0.2, 0.25) is 0 Å². The van der Waals surface area contributed by atoms with Crippen LogP contribution in [-0.4, -0.2) is 61.7 Å². The Kier molecular flexibility index (Phi) is 5.11. The molecule has 5 nitrogen and oxygen atoms in total. The summed E-state index contributed by atoms with van der Waals surface area (Å²) in [7, 11) is 5.85. The Hall–Kier alpha value is -1.59. The highest BCUT2D eigenvalue weighted by Gasteiger charge is 2.42. The van der Waals surface area contributed by atoms with Crippen LogP contribution < -0.4 is 4.74 Å². The molecule has 0 radical (unpaired) electrons. The van der Waals surface area contributed by atoms with E-state index in [1.165, 1.54) is 0 Å². The molecule has 0 aromatic heterocycles. The lowest BCUT2D eigenvalue weighted by Gasteiger charge is -2.42. The van der Waals surface area contributed by atoms with E-state index in [0.29, 0.717) is 19.1 Å². The molecule has 1 heterocycles. The lowest BCUT2D eigenvalue weighted by Crippen LogP contribution is -2.52. The fourth-order valence-corrected chi connectivity index (χ4v) is 3.91. The van der Waals surface area contributed by atoms with Gasteiger partial charge in [-0.3, -0.25) is 4.79 Å². The number of hydrogen-bond acceptors (Lipinski definition) is 4. The number of benzene rings is 1. The second kappa shape index (κ2) is 7.11. The summed E-state index contributed by atoms with van der Waals surface area (Å²) in [6.45, 7) is 1.36. The number of ether oxygens (including phenoxy) is 2. The van der Waals surface area contributed by atoms with Gasteiger partial charge in [0, 0.05) is 25.3 Å². The summed E-state index contributed by atoms with van der Waals surface area (Å²) in [4.78, 5) is 16.7. The van der Waals surface area contributed by atoms with Crippen LogP contribution in [0.4, 0.5) is 0 Å². The second-order valence-corrected chi connectivity index (χ2v) is 7.27. The Bertz CT molecular complexity index is 580. The van der Waals surface area contributed by atoms with Crippen LogP contribution in [0.3, 0.4) is 0 Å². The van der Waals surface area contributed by atoms with Crippen molar-refractivity contribution in [1.82, 2.24) is 9.80 Å². The number of hydrogen-bond donors (Lipinski definition) is 0. The minimum Gasteiger partial charge on any atom is -0.485 e. The highest BCUT2D eigenvalue weighted by Crippen LogP contribution is 2.39. The summed E-state index contributed by atoms with van der Waals surface area (Å²) in [5.41, 5.74) is 0.802. The summed E-state index contributed by atoms with van der Waals surface area (Å²) >= 11 is 0. The van der Waals surface area contributed by atoms with Crippen molar-refractivity contribution in [1.29, 1.82) is 0 Å². The van der Waals surface area contributed by atoms with Crippen LogP contribution in [-0.2, 0) is 16.1 Å². The molecule has 132 valence electrons. The SMILES string of the molecule is COCC(=O)N1Cc2ccccc2OC2(CCC(N(C)C)CC2)C1. The van der Waals surface area contributed by atoms with E-state index in [2.05, 4.69) is 19.0 Å². The lowest BCUT2D eigenvalue weighted by molar-refractivity contribution is -0.139. The molecule has 0 saturated heterocycles. The van der Waals surface area contributed by atoms with Crippen molar-refractivity contribution >= 4 is 5.91 Å². The number of fused-ring (bicyclic) bond motifs is 1. The molecule has 1 spiro atoms. The van der Waals surface area contributed by atoms with E-state index in [1.54, 1.807) is 7.11 Å². The van der Waals surface area contributed by atoms with Gasteiger partial charge in [-0.05, 0) is 45.8 Å². The van der Waals surface area contributed by atoms with Crippen LogP contribution in [0.25, 0.3) is 0 Å². The van der Waals surface area contributed by atoms with E-state index in [-0.39, 0.29) is 18.1 Å². The van der Waals surface area contributed by atoms with E-state index in [0.717, 1.165) is 37.0 Å². The summed E-state index contributed by atoms with van der Waals surface area (Å²) in [6.07, 6.45) is 4.14. The summed E-state index contributed by atoms with van der Waals surface area (Å²) < 4.78 is 11.6. The van der Waals surface area contributed by atoms with Gasteiger partial charge in [-0.2, -0.15) is 0 Å². The summed E-state index contributed by atoms with van der Waals surface area (Å²) in [5, 5.41) is 0. The van der Waals surface area contributed by atoms with Gasteiger partial charge in [0.2, 0.25) is 5.91 Å². The maximum atomic E-state index is 12.5. The molecule has 1 amide bonds. The molecule has 24 heavy (non-hydrogen) atoms. The van der Waals surface area contributed by atoms with Crippen LogP contribution >= 0.6 is 0 Å². The number of nitrogens with zero attached hydrogens (tertiary/aromatic N) is 2. The van der Waals surface area contributed by atoms with Crippen molar-refractivity contribution in [3.63, 3.8) is 0 Å². The molecule has 1 aromatic carbocycles. The molecular weight excluding hydrogens is 304 g/mol. The van der Waals surface area contributed by atoms with Gasteiger partial charge in [-0.1, -0.05) is 18.2 Å². The molecule has 1 fully saturated rings. The third-order valence-electron chi connectivity index (χ3n) is 5.36. The molecule has 1 aliphatic carbocycles. The van der Waals surface area contributed by atoms with Crippen molar-refractivity contribution in [3.8, 4) is 5.75 Å². The quantitative estimate of drug-likeness (QED) is 0.852. The van der Waals surface area contributed by atoms with E-state index in [9.17, 15) is 4.79 Å². The van der Waals surface area contributed by atoms with Gasteiger partial charge in [-0.25, -0.2) is 0 Å². The standard InChI is InChI=1S/C19H28N2O3/c1-20(2)16-8-10-19(11-9-16)14-21(18(22)13-23-3)12-15-6-4-5-7-17(15)24-19/h4-7,16H,8-14H2,1-3H3. The molecule has 3 rings (SSSR count). The van der Waals surface area contributed by atoms with Crippen LogP contribution in [0, 0.1) is 0 Å². The smallest absolute Gasteiger partial charge is 0.248 e. The van der Waals surface area contributed by atoms with E-state index < -0.39 is 0 Å². The monoisotopic (exact) mass is 332 g/mol. The maximum Gasteiger partial charge on any atom is 0.248 e. The van der Waals surface area contributed by atoms with Gasteiger partial charge in [0.25, 0.3) is 0 Å². The Morgan fingerprint density at radius 2 is 2.04 bits per heavy atom. The van der Waals surface area contributed by atoms with Crippen molar-refractivity contribution in [2.24, 2.45) is 0 Å². The zero-order valence-corrected chi connectivity index (χ0v) is 15.0. The van der Waals surface area contributed by atoms with Crippen LogP contribution in [0.5, 0.6) is 5.75 Å². The molecule has 0 unspecified atom stereocenters. The number of methoxy groups -OCH3 is 1.